The maximum Gasteiger partial charge on any atom is 0.0498 e. The lowest BCUT2D eigenvalue weighted by Crippen LogP contribution is -2.15. The number of rotatable bonds is 3. The fraction of sp³-hybridized carbons (Fsp3) is 0.800. The average molecular weight is 156 g/mol. The van der Waals surface area contributed by atoms with Gasteiger partial charge in [0, 0.05) is 12.5 Å². The third-order valence-electron chi connectivity index (χ3n) is 2.35. The van der Waals surface area contributed by atoms with Gasteiger partial charge in [0.1, 0.15) is 0 Å². The molecule has 1 unspecified atom stereocenters. The zero-order chi connectivity index (χ0) is 9.02. The third kappa shape index (κ3) is 3.06. The van der Waals surface area contributed by atoms with E-state index in [-0.39, 0.29) is 6.61 Å². The lowest BCUT2D eigenvalue weighted by Gasteiger charge is -2.20. The molecule has 0 fully saturated rings. The Bertz CT molecular complexity index is 141. The van der Waals surface area contributed by atoms with Crippen LogP contribution in [0.4, 0.5) is 0 Å². The van der Waals surface area contributed by atoms with Crippen LogP contribution in [0.25, 0.3) is 0 Å². The average Bonchev–Trinajstić information content (AvgIpc) is 1.88. The zero-order valence-corrected chi connectivity index (χ0v) is 8.31. The molecule has 0 aliphatic heterocycles. The molecule has 0 radical (unpaired) electrons. The Labute approximate surface area is 70.1 Å². The van der Waals surface area contributed by atoms with Gasteiger partial charge in [0.25, 0.3) is 0 Å². The monoisotopic (exact) mass is 156 g/mol. The van der Waals surface area contributed by atoms with Crippen molar-refractivity contribution in [3.8, 4) is 0 Å². The molecular weight excluding hydrogens is 136 g/mol. The van der Waals surface area contributed by atoms with E-state index in [1.807, 2.05) is 0 Å². The van der Waals surface area contributed by atoms with Crippen molar-refractivity contribution in [1.82, 2.24) is 0 Å². The molecular formula is C10H20O. The van der Waals surface area contributed by atoms with Gasteiger partial charge in [-0.1, -0.05) is 25.0 Å². The Kier molecular flexibility index (Phi) is 4.43. The van der Waals surface area contributed by atoms with Crippen molar-refractivity contribution in [3.63, 3.8) is 0 Å². The maximum absolute atomic E-state index is 9.08. The molecule has 0 aromatic carbocycles. The van der Waals surface area contributed by atoms with E-state index in [1.54, 1.807) is 0 Å². The highest BCUT2D eigenvalue weighted by Gasteiger charge is 2.14. The predicted molar refractivity (Wildman–Crippen MR) is 49.5 cm³/mol. The molecule has 11 heavy (non-hydrogen) atoms. The molecule has 0 spiro atoms. The van der Waals surface area contributed by atoms with E-state index < -0.39 is 0 Å². The van der Waals surface area contributed by atoms with Crippen LogP contribution in [-0.4, -0.2) is 11.7 Å². The van der Waals surface area contributed by atoms with Crippen LogP contribution in [0.1, 0.15) is 34.6 Å². The smallest absolute Gasteiger partial charge is 0.0498 e. The van der Waals surface area contributed by atoms with Crippen molar-refractivity contribution in [2.24, 2.45) is 11.8 Å². The topological polar surface area (TPSA) is 20.2 Å². The molecule has 66 valence electrons. The first-order valence-corrected chi connectivity index (χ1v) is 4.25. The molecule has 0 aromatic heterocycles. The quantitative estimate of drug-likeness (QED) is 0.623. The van der Waals surface area contributed by atoms with Crippen LogP contribution in [0.15, 0.2) is 11.1 Å². The molecule has 0 heterocycles. The molecule has 1 N–H and O–H groups in total. The molecule has 1 atom stereocenters. The highest BCUT2D eigenvalue weighted by atomic mass is 16.3. The van der Waals surface area contributed by atoms with Crippen molar-refractivity contribution < 1.29 is 5.11 Å². The molecule has 0 amide bonds. The van der Waals surface area contributed by atoms with Crippen LogP contribution in [0, 0.1) is 11.8 Å². The lowest BCUT2D eigenvalue weighted by atomic mass is 9.88. The normalized spacial score (nSPS) is 13.4. The molecule has 1 heteroatoms. The maximum atomic E-state index is 9.08. The van der Waals surface area contributed by atoms with Gasteiger partial charge >= 0.3 is 0 Å². The van der Waals surface area contributed by atoms with E-state index in [0.717, 1.165) is 0 Å². The Balaban J connectivity index is 4.39. The number of aliphatic hydroxyl groups is 1. The zero-order valence-electron chi connectivity index (χ0n) is 8.31. The van der Waals surface area contributed by atoms with Crippen molar-refractivity contribution in [3.05, 3.63) is 11.1 Å². The van der Waals surface area contributed by atoms with E-state index in [4.69, 9.17) is 5.11 Å². The van der Waals surface area contributed by atoms with Crippen LogP contribution in [0.5, 0.6) is 0 Å². The fourth-order valence-corrected chi connectivity index (χ4v) is 1.22. The summed E-state index contributed by atoms with van der Waals surface area (Å²) >= 11 is 0. The molecule has 0 bridgehead atoms. The van der Waals surface area contributed by atoms with Gasteiger partial charge in [0.15, 0.2) is 0 Å². The Morgan fingerprint density at radius 2 is 1.64 bits per heavy atom. The van der Waals surface area contributed by atoms with Crippen LogP contribution in [-0.2, 0) is 0 Å². The van der Waals surface area contributed by atoms with Crippen molar-refractivity contribution >= 4 is 0 Å². The highest BCUT2D eigenvalue weighted by molar-refractivity contribution is 5.11. The minimum atomic E-state index is 0.273. The van der Waals surface area contributed by atoms with Crippen LogP contribution in [0.2, 0.25) is 0 Å². The fourth-order valence-electron chi connectivity index (χ4n) is 1.22. The highest BCUT2D eigenvalue weighted by Crippen LogP contribution is 2.21. The van der Waals surface area contributed by atoms with E-state index in [2.05, 4.69) is 34.6 Å². The second kappa shape index (κ2) is 4.55. The first kappa shape index (κ1) is 10.7. The molecule has 0 rings (SSSR count). The van der Waals surface area contributed by atoms with E-state index in [1.165, 1.54) is 11.1 Å². The minimum Gasteiger partial charge on any atom is -0.396 e. The van der Waals surface area contributed by atoms with Crippen LogP contribution < -0.4 is 0 Å². The molecule has 0 saturated heterocycles. The SMILES string of the molecule is CC(C)=C(C)C(CO)C(C)C. The minimum absolute atomic E-state index is 0.273. The number of allylic oxidation sites excluding steroid dienone is 1. The first-order valence-electron chi connectivity index (χ1n) is 4.25. The molecule has 0 aliphatic rings. The summed E-state index contributed by atoms with van der Waals surface area (Å²) in [6.45, 7) is 10.9. The standard InChI is InChI=1S/C10H20O/c1-7(2)9(5)10(6-11)8(3)4/h8,10-11H,6H2,1-5H3. The number of hydrogen-bond donors (Lipinski definition) is 1. The van der Waals surface area contributed by atoms with Gasteiger partial charge in [-0.3, -0.25) is 0 Å². The van der Waals surface area contributed by atoms with Gasteiger partial charge in [-0.25, -0.2) is 0 Å². The van der Waals surface area contributed by atoms with Crippen molar-refractivity contribution in [2.45, 2.75) is 34.6 Å². The summed E-state index contributed by atoms with van der Waals surface area (Å²) in [4.78, 5) is 0. The summed E-state index contributed by atoms with van der Waals surface area (Å²) in [5.74, 6) is 0.884. The predicted octanol–water partition coefficient (Wildman–Crippen LogP) is 2.61. The Morgan fingerprint density at radius 1 is 1.18 bits per heavy atom. The summed E-state index contributed by atoms with van der Waals surface area (Å²) in [7, 11) is 0. The number of hydrogen-bond acceptors (Lipinski definition) is 1. The van der Waals surface area contributed by atoms with Crippen molar-refractivity contribution in [1.29, 1.82) is 0 Å². The molecule has 0 aromatic rings. The van der Waals surface area contributed by atoms with Crippen LogP contribution in [0.3, 0.4) is 0 Å². The Morgan fingerprint density at radius 3 is 1.73 bits per heavy atom. The Hall–Kier alpha value is -0.300. The summed E-state index contributed by atoms with van der Waals surface area (Å²) < 4.78 is 0. The summed E-state index contributed by atoms with van der Waals surface area (Å²) in [5.41, 5.74) is 2.67. The van der Waals surface area contributed by atoms with E-state index in [9.17, 15) is 0 Å². The largest absolute Gasteiger partial charge is 0.396 e. The van der Waals surface area contributed by atoms with Gasteiger partial charge in [0.05, 0.1) is 0 Å². The van der Waals surface area contributed by atoms with Gasteiger partial charge in [-0.15, -0.1) is 0 Å². The van der Waals surface area contributed by atoms with Gasteiger partial charge in [-0.2, -0.15) is 0 Å². The second-order valence-corrected chi connectivity index (χ2v) is 3.72. The summed E-state index contributed by atoms with van der Waals surface area (Å²) in [6.07, 6.45) is 0. The van der Waals surface area contributed by atoms with Gasteiger partial charge < -0.3 is 5.11 Å². The van der Waals surface area contributed by atoms with Gasteiger partial charge in [-0.05, 0) is 26.7 Å². The number of aliphatic hydroxyl groups excluding tert-OH is 1. The van der Waals surface area contributed by atoms with E-state index in [0.29, 0.717) is 11.8 Å². The summed E-state index contributed by atoms with van der Waals surface area (Å²) in [6, 6.07) is 0. The molecule has 0 aliphatic carbocycles. The molecule has 1 nitrogen and oxygen atoms in total. The lowest BCUT2D eigenvalue weighted by molar-refractivity contribution is 0.213. The van der Waals surface area contributed by atoms with Crippen LogP contribution >= 0.6 is 0 Å². The summed E-state index contributed by atoms with van der Waals surface area (Å²) in [5, 5.41) is 9.08. The molecule has 0 saturated carbocycles. The second-order valence-electron chi connectivity index (χ2n) is 3.72. The van der Waals surface area contributed by atoms with Crippen molar-refractivity contribution in [2.75, 3.05) is 6.61 Å². The first-order chi connectivity index (χ1) is 5.00. The third-order valence-corrected chi connectivity index (χ3v) is 2.35. The van der Waals surface area contributed by atoms with E-state index >= 15 is 0 Å². The van der Waals surface area contributed by atoms with Gasteiger partial charge in [0.2, 0.25) is 0 Å².